The first-order chi connectivity index (χ1) is 22.5. The Morgan fingerprint density at radius 1 is 0.638 bits per heavy atom. The number of phosphoric ester groups is 1. The Labute approximate surface area is 288 Å². The van der Waals surface area contributed by atoms with Crippen LogP contribution in [0.5, 0.6) is 0 Å². The summed E-state index contributed by atoms with van der Waals surface area (Å²) >= 11 is 0. The standard InChI is InChI=1S/C37H72NO8P/c1-6-8-10-12-14-16-17-18-19-20-21-22-24-25-27-29-36(39)43-33-35(34-45-47(41,42)44-32-31-38(3,4)5)46-37(40)30-28-26-23-15-13-11-9-7-2/h12,14,35H,6-11,13,15-34H2,1-5H3/p+1/b14-12+/t35-/m0/s1. The Morgan fingerprint density at radius 3 is 1.64 bits per heavy atom. The zero-order chi connectivity index (χ0) is 35.1. The third-order valence-electron chi connectivity index (χ3n) is 8.05. The van der Waals surface area contributed by atoms with E-state index >= 15 is 0 Å². The lowest BCUT2D eigenvalue weighted by atomic mass is 10.1. The van der Waals surface area contributed by atoms with Gasteiger partial charge in [0, 0.05) is 12.8 Å². The van der Waals surface area contributed by atoms with Crippen molar-refractivity contribution in [1.29, 1.82) is 0 Å². The molecular weight excluding hydrogens is 617 g/mol. The molecule has 0 bridgehead atoms. The molecule has 10 heteroatoms. The third kappa shape index (κ3) is 34.4. The molecule has 0 aromatic heterocycles. The molecule has 0 fully saturated rings. The molecule has 2 atom stereocenters. The number of unbranched alkanes of at least 4 members (excludes halogenated alkanes) is 18. The van der Waals surface area contributed by atoms with Gasteiger partial charge in [-0.1, -0.05) is 129 Å². The van der Waals surface area contributed by atoms with E-state index in [1.807, 2.05) is 21.1 Å². The molecule has 0 aliphatic carbocycles. The van der Waals surface area contributed by atoms with E-state index in [-0.39, 0.29) is 32.0 Å². The van der Waals surface area contributed by atoms with Gasteiger partial charge < -0.3 is 18.9 Å². The first kappa shape index (κ1) is 45.8. The van der Waals surface area contributed by atoms with Crippen molar-refractivity contribution in [2.45, 2.75) is 168 Å². The highest BCUT2D eigenvalue weighted by Crippen LogP contribution is 2.43. The van der Waals surface area contributed by atoms with E-state index in [0.717, 1.165) is 32.1 Å². The number of carbonyl (C=O) groups is 2. The van der Waals surface area contributed by atoms with Crippen LogP contribution in [0.25, 0.3) is 0 Å². The van der Waals surface area contributed by atoms with Crippen LogP contribution >= 0.6 is 7.82 Å². The summed E-state index contributed by atoms with van der Waals surface area (Å²) in [7, 11) is 1.48. The molecule has 1 unspecified atom stereocenters. The van der Waals surface area contributed by atoms with Gasteiger partial charge in [0.15, 0.2) is 6.10 Å². The molecule has 0 aromatic rings. The lowest BCUT2D eigenvalue weighted by molar-refractivity contribution is -0.870. The monoisotopic (exact) mass is 691 g/mol. The predicted molar refractivity (Wildman–Crippen MR) is 192 cm³/mol. The number of rotatable bonds is 34. The van der Waals surface area contributed by atoms with Gasteiger partial charge in [0.05, 0.1) is 27.7 Å². The summed E-state index contributed by atoms with van der Waals surface area (Å²) in [6.07, 6.45) is 28.4. The number of hydrogen-bond acceptors (Lipinski definition) is 7. The maximum absolute atomic E-state index is 12.5. The molecule has 0 aliphatic heterocycles. The van der Waals surface area contributed by atoms with Gasteiger partial charge in [0.1, 0.15) is 19.8 Å². The number of allylic oxidation sites excluding steroid dienone is 2. The number of quaternary nitrogens is 1. The summed E-state index contributed by atoms with van der Waals surface area (Å²) in [5.74, 6) is -0.803. The molecule has 1 N–H and O–H groups in total. The van der Waals surface area contributed by atoms with E-state index in [1.165, 1.54) is 96.3 Å². The van der Waals surface area contributed by atoms with Crippen molar-refractivity contribution in [3.05, 3.63) is 12.2 Å². The van der Waals surface area contributed by atoms with Gasteiger partial charge >= 0.3 is 19.8 Å². The summed E-state index contributed by atoms with van der Waals surface area (Å²) in [5, 5.41) is 0. The van der Waals surface area contributed by atoms with Crippen molar-refractivity contribution >= 4 is 19.8 Å². The molecule has 47 heavy (non-hydrogen) atoms. The summed E-state index contributed by atoms with van der Waals surface area (Å²) < 4.78 is 34.1. The predicted octanol–water partition coefficient (Wildman–Crippen LogP) is 9.85. The highest BCUT2D eigenvalue weighted by Gasteiger charge is 2.27. The van der Waals surface area contributed by atoms with Crippen LogP contribution in [0.15, 0.2) is 12.2 Å². The Balaban J connectivity index is 4.36. The van der Waals surface area contributed by atoms with Gasteiger partial charge in [-0.15, -0.1) is 0 Å². The van der Waals surface area contributed by atoms with Crippen molar-refractivity contribution in [1.82, 2.24) is 0 Å². The average Bonchev–Trinajstić information content (AvgIpc) is 3.01. The third-order valence-corrected chi connectivity index (χ3v) is 9.03. The lowest BCUT2D eigenvalue weighted by Crippen LogP contribution is -2.37. The first-order valence-electron chi connectivity index (χ1n) is 18.9. The highest BCUT2D eigenvalue weighted by molar-refractivity contribution is 7.47. The minimum Gasteiger partial charge on any atom is -0.462 e. The Kier molecular flexibility index (Phi) is 30.0. The van der Waals surface area contributed by atoms with Crippen molar-refractivity contribution in [3.63, 3.8) is 0 Å². The second-order valence-electron chi connectivity index (χ2n) is 14.0. The van der Waals surface area contributed by atoms with Crippen molar-refractivity contribution in [2.75, 3.05) is 47.5 Å². The van der Waals surface area contributed by atoms with Crippen LogP contribution in [0.2, 0.25) is 0 Å². The topological polar surface area (TPSA) is 108 Å². The minimum atomic E-state index is -4.36. The van der Waals surface area contributed by atoms with Gasteiger partial charge in [-0.2, -0.15) is 0 Å². The Hall–Kier alpha value is -1.25. The zero-order valence-corrected chi connectivity index (χ0v) is 31.9. The number of esters is 2. The SMILES string of the molecule is CCCC/C=C/CCCCCCCCCCCC(=O)OC[C@@H](COP(=O)(O)OCC[N+](C)(C)C)OC(=O)CCCCCCCCCC. The highest BCUT2D eigenvalue weighted by atomic mass is 31.2. The van der Waals surface area contributed by atoms with E-state index < -0.39 is 26.5 Å². The fourth-order valence-corrected chi connectivity index (χ4v) is 5.74. The lowest BCUT2D eigenvalue weighted by Gasteiger charge is -2.24. The van der Waals surface area contributed by atoms with Gasteiger partial charge in [0.2, 0.25) is 0 Å². The van der Waals surface area contributed by atoms with Crippen LogP contribution < -0.4 is 0 Å². The number of hydrogen-bond donors (Lipinski definition) is 1. The molecule has 9 nitrogen and oxygen atoms in total. The normalized spacial score (nSPS) is 13.9. The van der Waals surface area contributed by atoms with Gasteiger partial charge in [-0.25, -0.2) is 4.57 Å². The van der Waals surface area contributed by atoms with Crippen LogP contribution in [-0.2, 0) is 32.7 Å². The number of phosphoric acid groups is 1. The number of ether oxygens (including phenoxy) is 2. The molecule has 0 saturated carbocycles. The first-order valence-corrected chi connectivity index (χ1v) is 20.4. The average molecular weight is 691 g/mol. The summed E-state index contributed by atoms with van der Waals surface area (Å²) in [6, 6.07) is 0. The van der Waals surface area contributed by atoms with Crippen LogP contribution in [0.4, 0.5) is 0 Å². The second-order valence-corrected chi connectivity index (χ2v) is 15.4. The van der Waals surface area contributed by atoms with Crippen molar-refractivity contribution < 1.29 is 42.1 Å². The van der Waals surface area contributed by atoms with Gasteiger partial charge in [-0.05, 0) is 32.1 Å². The largest absolute Gasteiger partial charge is 0.472 e. The fraction of sp³-hybridized carbons (Fsp3) is 0.892. The van der Waals surface area contributed by atoms with Crippen molar-refractivity contribution in [3.8, 4) is 0 Å². The molecule has 0 aromatic carbocycles. The van der Waals surface area contributed by atoms with Crippen LogP contribution in [0, 0.1) is 0 Å². The summed E-state index contributed by atoms with van der Waals surface area (Å²) in [6.45, 7) is 4.35. The Bertz CT molecular complexity index is 830. The summed E-state index contributed by atoms with van der Waals surface area (Å²) in [4.78, 5) is 35.0. The molecule has 0 heterocycles. The van der Waals surface area contributed by atoms with Crippen LogP contribution in [-0.4, -0.2) is 74.9 Å². The molecule has 0 aliphatic rings. The van der Waals surface area contributed by atoms with Crippen LogP contribution in [0.1, 0.15) is 162 Å². The number of nitrogens with zero attached hydrogens (tertiary/aromatic N) is 1. The van der Waals surface area contributed by atoms with Gasteiger partial charge in [-0.3, -0.25) is 18.6 Å². The van der Waals surface area contributed by atoms with E-state index in [1.54, 1.807) is 0 Å². The second kappa shape index (κ2) is 30.8. The van der Waals surface area contributed by atoms with Gasteiger partial charge in [0.25, 0.3) is 0 Å². The molecule has 0 rings (SSSR count). The Morgan fingerprint density at radius 2 is 1.11 bits per heavy atom. The fourth-order valence-electron chi connectivity index (χ4n) is 4.99. The van der Waals surface area contributed by atoms with E-state index in [2.05, 4.69) is 26.0 Å². The molecule has 278 valence electrons. The quantitative estimate of drug-likeness (QED) is 0.0234. The molecule has 0 saturated heterocycles. The number of carbonyl (C=O) groups excluding carboxylic acids is 2. The van der Waals surface area contributed by atoms with E-state index in [0.29, 0.717) is 17.4 Å². The zero-order valence-electron chi connectivity index (χ0n) is 31.0. The molecule has 0 radical (unpaired) electrons. The van der Waals surface area contributed by atoms with Crippen molar-refractivity contribution in [2.24, 2.45) is 0 Å². The molecule has 0 amide bonds. The van der Waals surface area contributed by atoms with E-state index in [4.69, 9.17) is 18.5 Å². The maximum atomic E-state index is 12.5. The molecule has 0 spiro atoms. The maximum Gasteiger partial charge on any atom is 0.472 e. The smallest absolute Gasteiger partial charge is 0.462 e. The molecular formula is C37H73NO8P+. The number of likely N-dealkylation sites (N-methyl/N-ethyl adjacent to an activating group) is 1. The minimum absolute atomic E-state index is 0.0340. The summed E-state index contributed by atoms with van der Waals surface area (Å²) in [5.41, 5.74) is 0. The van der Waals surface area contributed by atoms with E-state index in [9.17, 15) is 19.0 Å². The van der Waals surface area contributed by atoms with Crippen LogP contribution in [0.3, 0.4) is 0 Å².